The Kier molecular flexibility index (Phi) is 3.01. The number of hydrogen-bond donors (Lipinski definition) is 1. The van der Waals surface area contributed by atoms with Crippen LogP contribution in [0.15, 0.2) is 24.3 Å². The lowest BCUT2D eigenvalue weighted by atomic mass is 10.1. The zero-order valence-corrected chi connectivity index (χ0v) is 9.51. The van der Waals surface area contributed by atoms with Gasteiger partial charge >= 0.3 is 0 Å². The average Bonchev–Trinajstić information content (AvgIpc) is 2.63. The summed E-state index contributed by atoms with van der Waals surface area (Å²) in [6, 6.07) is 8.21. The average molecular weight is 217 g/mol. The molecule has 0 aliphatic heterocycles. The predicted octanol–water partition coefficient (Wildman–Crippen LogP) is 1.21. The molecular weight excluding hydrogens is 202 g/mol. The van der Waals surface area contributed by atoms with E-state index in [2.05, 4.69) is 29.3 Å². The second kappa shape index (κ2) is 4.45. The van der Waals surface area contributed by atoms with Crippen molar-refractivity contribution in [3.63, 3.8) is 0 Å². The van der Waals surface area contributed by atoms with Crippen molar-refractivity contribution >= 4 is 0 Å². The minimum absolute atomic E-state index is 0.0722. The number of aliphatic hydroxyl groups is 1. The Hall–Kier alpha value is -1.68. The van der Waals surface area contributed by atoms with E-state index >= 15 is 0 Å². The van der Waals surface area contributed by atoms with Crippen LogP contribution in [0, 0.1) is 6.92 Å². The molecule has 1 aromatic heterocycles. The molecule has 4 nitrogen and oxygen atoms in total. The van der Waals surface area contributed by atoms with Crippen LogP contribution in [-0.4, -0.2) is 19.9 Å². The first-order chi connectivity index (χ1) is 7.72. The highest BCUT2D eigenvalue weighted by molar-refractivity contribution is 5.28. The van der Waals surface area contributed by atoms with Gasteiger partial charge in [-0.3, -0.25) is 0 Å². The molecule has 0 aliphatic carbocycles. The molecule has 1 heterocycles. The summed E-state index contributed by atoms with van der Waals surface area (Å²) < 4.78 is 1.84. The summed E-state index contributed by atoms with van der Waals surface area (Å²) in [5.41, 5.74) is 2.48. The number of aryl methyl sites for hydroxylation is 1. The summed E-state index contributed by atoms with van der Waals surface area (Å²) in [6.45, 7) is 2.01. The van der Waals surface area contributed by atoms with E-state index in [4.69, 9.17) is 5.11 Å². The summed E-state index contributed by atoms with van der Waals surface area (Å²) in [6.07, 6.45) is 0.746. The lowest BCUT2D eigenvalue weighted by Gasteiger charge is -2.05. The van der Waals surface area contributed by atoms with Gasteiger partial charge in [0.1, 0.15) is 12.4 Å². The maximum Gasteiger partial charge on any atom is 0.158 e. The molecule has 1 aromatic carbocycles. The van der Waals surface area contributed by atoms with Crippen LogP contribution in [0.25, 0.3) is 0 Å². The number of hydrogen-bond acceptors (Lipinski definition) is 3. The van der Waals surface area contributed by atoms with Crippen molar-refractivity contribution in [2.75, 3.05) is 0 Å². The van der Waals surface area contributed by atoms with Crippen molar-refractivity contribution in [3.05, 3.63) is 47.0 Å². The number of rotatable bonds is 3. The smallest absolute Gasteiger partial charge is 0.158 e. The lowest BCUT2D eigenvalue weighted by molar-refractivity contribution is 0.266. The van der Waals surface area contributed by atoms with Gasteiger partial charge in [-0.25, -0.2) is 0 Å². The molecule has 0 spiro atoms. The first-order valence-corrected chi connectivity index (χ1v) is 5.25. The first kappa shape index (κ1) is 10.8. The van der Waals surface area contributed by atoms with Crippen LogP contribution < -0.4 is 0 Å². The van der Waals surface area contributed by atoms with E-state index in [1.807, 2.05) is 23.7 Å². The second-order valence-electron chi connectivity index (χ2n) is 3.85. The summed E-state index contributed by atoms with van der Waals surface area (Å²) >= 11 is 0. The molecule has 1 N–H and O–H groups in total. The zero-order chi connectivity index (χ0) is 11.5. The van der Waals surface area contributed by atoms with Crippen LogP contribution in [0.3, 0.4) is 0 Å². The molecular formula is C12H15N3O. The van der Waals surface area contributed by atoms with Crippen molar-refractivity contribution in [2.45, 2.75) is 20.0 Å². The standard InChI is InChI=1S/C12H15N3O/c1-9-5-3-4-6-10(9)7-11-13-14-12(8-16)15(11)2/h3-6,16H,7-8H2,1-2H3. The minimum atomic E-state index is -0.0722. The van der Waals surface area contributed by atoms with Gasteiger partial charge in [-0.1, -0.05) is 24.3 Å². The Morgan fingerprint density at radius 1 is 1.19 bits per heavy atom. The molecule has 84 valence electrons. The van der Waals surface area contributed by atoms with Gasteiger partial charge in [0.05, 0.1) is 0 Å². The highest BCUT2D eigenvalue weighted by Crippen LogP contribution is 2.12. The molecule has 0 saturated carbocycles. The topological polar surface area (TPSA) is 50.9 Å². The molecule has 0 amide bonds. The van der Waals surface area contributed by atoms with Gasteiger partial charge in [0, 0.05) is 13.5 Å². The molecule has 0 radical (unpaired) electrons. The Bertz CT molecular complexity index is 491. The van der Waals surface area contributed by atoms with Crippen molar-refractivity contribution in [1.82, 2.24) is 14.8 Å². The third-order valence-electron chi connectivity index (χ3n) is 2.81. The maximum atomic E-state index is 9.03. The molecule has 2 rings (SSSR count). The van der Waals surface area contributed by atoms with Crippen molar-refractivity contribution < 1.29 is 5.11 Å². The molecule has 0 fully saturated rings. The number of nitrogens with zero attached hydrogens (tertiary/aromatic N) is 3. The summed E-state index contributed by atoms with van der Waals surface area (Å²) in [5.74, 6) is 1.47. The number of aliphatic hydroxyl groups excluding tert-OH is 1. The summed E-state index contributed by atoms with van der Waals surface area (Å²) in [7, 11) is 1.87. The highest BCUT2D eigenvalue weighted by atomic mass is 16.3. The maximum absolute atomic E-state index is 9.03. The van der Waals surface area contributed by atoms with E-state index in [9.17, 15) is 0 Å². The fraction of sp³-hybridized carbons (Fsp3) is 0.333. The largest absolute Gasteiger partial charge is 0.388 e. The molecule has 4 heteroatoms. The van der Waals surface area contributed by atoms with Crippen LogP contribution in [0.5, 0.6) is 0 Å². The number of benzene rings is 1. The van der Waals surface area contributed by atoms with Crippen molar-refractivity contribution in [1.29, 1.82) is 0 Å². The quantitative estimate of drug-likeness (QED) is 0.840. The Morgan fingerprint density at radius 2 is 1.88 bits per heavy atom. The van der Waals surface area contributed by atoms with E-state index in [1.54, 1.807) is 0 Å². The van der Waals surface area contributed by atoms with Crippen LogP contribution in [0.4, 0.5) is 0 Å². The van der Waals surface area contributed by atoms with E-state index in [-0.39, 0.29) is 6.61 Å². The normalized spacial score (nSPS) is 10.7. The minimum Gasteiger partial charge on any atom is -0.388 e. The van der Waals surface area contributed by atoms with Crippen molar-refractivity contribution in [2.24, 2.45) is 7.05 Å². The van der Waals surface area contributed by atoms with Gasteiger partial charge in [0.15, 0.2) is 5.82 Å². The third kappa shape index (κ3) is 1.97. The van der Waals surface area contributed by atoms with E-state index < -0.39 is 0 Å². The lowest BCUT2D eigenvalue weighted by Crippen LogP contribution is -2.03. The van der Waals surface area contributed by atoms with Crippen LogP contribution in [0.2, 0.25) is 0 Å². The number of aromatic nitrogens is 3. The van der Waals surface area contributed by atoms with Gasteiger partial charge in [-0.2, -0.15) is 0 Å². The van der Waals surface area contributed by atoms with E-state index in [0.29, 0.717) is 5.82 Å². The van der Waals surface area contributed by atoms with Gasteiger partial charge in [0.25, 0.3) is 0 Å². The molecule has 0 unspecified atom stereocenters. The van der Waals surface area contributed by atoms with E-state index in [1.165, 1.54) is 11.1 Å². The molecule has 0 atom stereocenters. The Labute approximate surface area is 94.6 Å². The Balaban J connectivity index is 2.27. The molecule has 2 aromatic rings. The fourth-order valence-corrected chi connectivity index (χ4v) is 1.67. The highest BCUT2D eigenvalue weighted by Gasteiger charge is 2.08. The zero-order valence-electron chi connectivity index (χ0n) is 9.51. The fourth-order valence-electron chi connectivity index (χ4n) is 1.67. The molecule has 0 bridgehead atoms. The first-order valence-electron chi connectivity index (χ1n) is 5.25. The van der Waals surface area contributed by atoms with Crippen LogP contribution in [0.1, 0.15) is 22.8 Å². The molecule has 16 heavy (non-hydrogen) atoms. The predicted molar refractivity (Wildman–Crippen MR) is 60.9 cm³/mol. The van der Waals surface area contributed by atoms with Crippen LogP contribution >= 0.6 is 0 Å². The SMILES string of the molecule is Cc1ccccc1Cc1nnc(CO)n1C. The second-order valence-corrected chi connectivity index (χ2v) is 3.85. The Morgan fingerprint density at radius 3 is 2.50 bits per heavy atom. The summed E-state index contributed by atoms with van der Waals surface area (Å²) in [5, 5.41) is 17.0. The summed E-state index contributed by atoms with van der Waals surface area (Å²) in [4.78, 5) is 0. The van der Waals surface area contributed by atoms with Crippen molar-refractivity contribution in [3.8, 4) is 0 Å². The van der Waals surface area contributed by atoms with Crippen LogP contribution in [-0.2, 0) is 20.1 Å². The molecule has 0 saturated heterocycles. The van der Waals surface area contributed by atoms with Gasteiger partial charge in [-0.15, -0.1) is 10.2 Å². The monoisotopic (exact) mass is 217 g/mol. The molecule has 0 aliphatic rings. The third-order valence-corrected chi connectivity index (χ3v) is 2.81. The van der Waals surface area contributed by atoms with E-state index in [0.717, 1.165) is 12.2 Å². The van der Waals surface area contributed by atoms with Gasteiger partial charge < -0.3 is 9.67 Å². The van der Waals surface area contributed by atoms with Gasteiger partial charge in [0.2, 0.25) is 0 Å². The van der Waals surface area contributed by atoms with Gasteiger partial charge in [-0.05, 0) is 18.1 Å².